The molecular formula is C31H32N4. The normalized spacial score (nSPS) is 15.6. The van der Waals surface area contributed by atoms with Crippen molar-refractivity contribution in [2.75, 3.05) is 30.1 Å². The largest absolute Gasteiger partial charge is 0.375 e. The zero-order valence-electron chi connectivity index (χ0n) is 20.6. The van der Waals surface area contributed by atoms with E-state index in [1.54, 1.807) is 0 Å². The number of anilines is 2. The van der Waals surface area contributed by atoms with Gasteiger partial charge in [-0.05, 0) is 54.3 Å². The third kappa shape index (κ3) is 4.71. The van der Waals surface area contributed by atoms with E-state index in [9.17, 15) is 0 Å². The molecule has 0 amide bonds. The highest BCUT2D eigenvalue weighted by atomic mass is 15.4. The van der Waals surface area contributed by atoms with E-state index in [0.29, 0.717) is 6.67 Å². The van der Waals surface area contributed by atoms with Gasteiger partial charge in [0, 0.05) is 30.5 Å². The summed E-state index contributed by atoms with van der Waals surface area (Å²) < 4.78 is 0. The maximum absolute atomic E-state index is 4.94. The second-order valence-corrected chi connectivity index (χ2v) is 8.96. The first kappa shape index (κ1) is 22.9. The van der Waals surface area contributed by atoms with Gasteiger partial charge >= 0.3 is 0 Å². The summed E-state index contributed by atoms with van der Waals surface area (Å²) in [4.78, 5) is 9.54. The van der Waals surface area contributed by atoms with Gasteiger partial charge in [0.05, 0.1) is 6.67 Å². The van der Waals surface area contributed by atoms with Gasteiger partial charge in [0.1, 0.15) is 12.0 Å². The zero-order valence-corrected chi connectivity index (χ0v) is 20.6. The molecule has 1 heterocycles. The van der Waals surface area contributed by atoms with Crippen molar-refractivity contribution < 1.29 is 0 Å². The summed E-state index contributed by atoms with van der Waals surface area (Å²) in [6.07, 6.45) is -0.0154. The zero-order chi connectivity index (χ0) is 24.2. The van der Waals surface area contributed by atoms with Crippen LogP contribution in [0.4, 0.5) is 11.4 Å². The molecule has 1 aliphatic heterocycles. The predicted octanol–water partition coefficient (Wildman–Crippen LogP) is 6.63. The lowest BCUT2D eigenvalue weighted by molar-refractivity contribution is 0.537. The van der Waals surface area contributed by atoms with Gasteiger partial charge in [0.25, 0.3) is 0 Å². The van der Waals surface area contributed by atoms with E-state index < -0.39 is 0 Å². The molecule has 0 bridgehead atoms. The van der Waals surface area contributed by atoms with Crippen molar-refractivity contribution in [3.8, 4) is 11.1 Å². The van der Waals surface area contributed by atoms with Crippen LogP contribution in [0.2, 0.25) is 0 Å². The quantitative estimate of drug-likeness (QED) is 0.350. The Hall–Kier alpha value is -3.89. The Morgan fingerprint density at radius 1 is 0.829 bits per heavy atom. The van der Waals surface area contributed by atoms with E-state index in [-0.39, 0.29) is 6.17 Å². The lowest BCUT2D eigenvalue weighted by Gasteiger charge is -2.38. The number of nitrogens with one attached hydrogen (secondary N) is 1. The van der Waals surface area contributed by atoms with Gasteiger partial charge in [-0.3, -0.25) is 10.3 Å². The topological polar surface area (TPSA) is 30.9 Å². The van der Waals surface area contributed by atoms with Gasteiger partial charge < -0.3 is 9.80 Å². The summed E-state index contributed by atoms with van der Waals surface area (Å²) in [5.41, 5.74) is 8.42. The molecule has 0 aliphatic carbocycles. The van der Waals surface area contributed by atoms with E-state index in [1.807, 2.05) is 6.07 Å². The van der Waals surface area contributed by atoms with Crippen LogP contribution in [0.1, 0.15) is 29.8 Å². The number of benzene rings is 4. The van der Waals surface area contributed by atoms with Crippen molar-refractivity contribution in [3.63, 3.8) is 0 Å². The molecule has 4 aromatic rings. The summed E-state index contributed by atoms with van der Waals surface area (Å²) in [6, 6.07) is 36.5. The standard InChI is InChI=1S/C31H32N4/c1-4-34(3)29-20-19-27(21-23(29)2)31-33-22-32-30(35(31)28-13-9-6-10-14-28)26-17-15-25(16-18-26)24-11-7-5-8-12-24/h5-21,31,33H,4,22H2,1-3H3. The Morgan fingerprint density at radius 2 is 1.46 bits per heavy atom. The molecule has 4 aromatic carbocycles. The average molecular weight is 461 g/mol. The number of amidine groups is 1. The minimum atomic E-state index is -0.0154. The lowest BCUT2D eigenvalue weighted by atomic mass is 10.0. The molecule has 0 fully saturated rings. The minimum absolute atomic E-state index is 0.0154. The second kappa shape index (κ2) is 10.2. The van der Waals surface area contributed by atoms with Crippen LogP contribution < -0.4 is 15.1 Å². The monoisotopic (exact) mass is 460 g/mol. The summed E-state index contributed by atoms with van der Waals surface area (Å²) >= 11 is 0. The molecule has 0 aromatic heterocycles. The number of aryl methyl sites for hydroxylation is 1. The first-order valence-electron chi connectivity index (χ1n) is 12.3. The van der Waals surface area contributed by atoms with E-state index >= 15 is 0 Å². The fraction of sp³-hybridized carbons (Fsp3) is 0.194. The molecule has 35 heavy (non-hydrogen) atoms. The van der Waals surface area contributed by atoms with Crippen molar-refractivity contribution in [2.45, 2.75) is 20.0 Å². The van der Waals surface area contributed by atoms with Crippen molar-refractivity contribution >= 4 is 17.2 Å². The van der Waals surface area contributed by atoms with Gasteiger partial charge in [0.15, 0.2) is 0 Å². The number of aliphatic imine (C=N–C) groups is 1. The molecule has 4 nitrogen and oxygen atoms in total. The van der Waals surface area contributed by atoms with Crippen LogP contribution in [0, 0.1) is 6.92 Å². The second-order valence-electron chi connectivity index (χ2n) is 8.96. The van der Waals surface area contributed by atoms with Crippen molar-refractivity contribution in [1.82, 2.24) is 5.32 Å². The molecule has 1 N–H and O–H groups in total. The summed E-state index contributed by atoms with van der Waals surface area (Å²) in [5, 5.41) is 3.64. The van der Waals surface area contributed by atoms with Crippen LogP contribution in [-0.4, -0.2) is 26.1 Å². The first-order chi connectivity index (χ1) is 17.2. The number of nitrogens with zero attached hydrogens (tertiary/aromatic N) is 3. The fourth-order valence-electron chi connectivity index (χ4n) is 4.74. The van der Waals surface area contributed by atoms with Crippen LogP contribution >= 0.6 is 0 Å². The molecule has 5 rings (SSSR count). The van der Waals surface area contributed by atoms with E-state index in [0.717, 1.165) is 23.6 Å². The van der Waals surface area contributed by atoms with E-state index in [2.05, 4.69) is 133 Å². The minimum Gasteiger partial charge on any atom is -0.375 e. The Bertz CT molecular complexity index is 1300. The summed E-state index contributed by atoms with van der Waals surface area (Å²) in [5.74, 6) is 0.979. The SMILES string of the molecule is CCN(C)c1ccc(C2NCN=C(c3ccc(-c4ccccc4)cc3)N2c2ccccc2)cc1C. The maximum atomic E-state index is 4.94. The Balaban J connectivity index is 1.53. The maximum Gasteiger partial charge on any atom is 0.138 e. The van der Waals surface area contributed by atoms with Crippen LogP contribution in [0.15, 0.2) is 108 Å². The highest BCUT2D eigenvalue weighted by Crippen LogP contribution is 2.32. The van der Waals surface area contributed by atoms with Gasteiger partial charge in [-0.25, -0.2) is 0 Å². The van der Waals surface area contributed by atoms with E-state index in [4.69, 9.17) is 4.99 Å². The van der Waals surface area contributed by atoms with E-state index in [1.165, 1.54) is 27.9 Å². The number of rotatable bonds is 6. The number of para-hydroxylation sites is 1. The summed E-state index contributed by atoms with van der Waals surface area (Å²) in [6.45, 7) is 5.92. The molecule has 0 radical (unpaired) electrons. The van der Waals surface area contributed by atoms with Crippen molar-refractivity contribution in [3.05, 3.63) is 120 Å². The Kier molecular flexibility index (Phi) is 6.64. The molecule has 176 valence electrons. The number of hydrogen-bond acceptors (Lipinski definition) is 4. The molecule has 0 saturated carbocycles. The van der Waals surface area contributed by atoms with Gasteiger partial charge in [-0.1, -0.05) is 84.9 Å². The third-order valence-corrected chi connectivity index (χ3v) is 6.71. The summed E-state index contributed by atoms with van der Waals surface area (Å²) in [7, 11) is 2.14. The molecule has 0 saturated heterocycles. The fourth-order valence-corrected chi connectivity index (χ4v) is 4.74. The highest BCUT2D eigenvalue weighted by Gasteiger charge is 2.29. The van der Waals surface area contributed by atoms with Crippen molar-refractivity contribution in [1.29, 1.82) is 0 Å². The Morgan fingerprint density at radius 3 is 2.11 bits per heavy atom. The van der Waals surface area contributed by atoms with Crippen molar-refractivity contribution in [2.24, 2.45) is 4.99 Å². The molecule has 1 aliphatic rings. The van der Waals surface area contributed by atoms with Crippen LogP contribution in [0.25, 0.3) is 11.1 Å². The highest BCUT2D eigenvalue weighted by molar-refractivity contribution is 6.11. The first-order valence-corrected chi connectivity index (χ1v) is 12.3. The average Bonchev–Trinajstić information content (AvgIpc) is 2.93. The Labute approximate surface area is 208 Å². The van der Waals surface area contributed by atoms with Crippen LogP contribution in [-0.2, 0) is 0 Å². The lowest BCUT2D eigenvalue weighted by Crippen LogP contribution is -2.47. The molecule has 4 heteroatoms. The number of hydrogen-bond donors (Lipinski definition) is 1. The van der Waals surface area contributed by atoms with Gasteiger partial charge in [-0.15, -0.1) is 0 Å². The third-order valence-electron chi connectivity index (χ3n) is 6.71. The predicted molar refractivity (Wildman–Crippen MR) is 148 cm³/mol. The van der Waals surface area contributed by atoms with Crippen LogP contribution in [0.3, 0.4) is 0 Å². The molecule has 1 unspecified atom stereocenters. The smallest absolute Gasteiger partial charge is 0.138 e. The molecule has 0 spiro atoms. The molecular weight excluding hydrogens is 428 g/mol. The van der Waals surface area contributed by atoms with Gasteiger partial charge in [0.2, 0.25) is 0 Å². The molecule has 1 atom stereocenters. The van der Waals surface area contributed by atoms with Crippen LogP contribution in [0.5, 0.6) is 0 Å². The van der Waals surface area contributed by atoms with Gasteiger partial charge in [-0.2, -0.15) is 0 Å².